The van der Waals surface area contributed by atoms with E-state index < -0.39 is 4.92 Å². The van der Waals surface area contributed by atoms with Crippen molar-refractivity contribution in [2.75, 3.05) is 20.8 Å². The maximum atomic E-state index is 12.0. The van der Waals surface area contributed by atoms with E-state index >= 15 is 0 Å². The fraction of sp³-hybridized carbons (Fsp3) is 0.611. The summed E-state index contributed by atoms with van der Waals surface area (Å²) in [6.07, 6.45) is 3.57. The molecule has 1 rings (SSSR count). The van der Waals surface area contributed by atoms with Gasteiger partial charge in [-0.25, -0.2) is 0 Å². The van der Waals surface area contributed by atoms with Gasteiger partial charge in [0, 0.05) is 12.0 Å². The van der Waals surface area contributed by atoms with Gasteiger partial charge in [-0.3, -0.25) is 14.9 Å². The third-order valence-electron chi connectivity index (χ3n) is 4.04. The van der Waals surface area contributed by atoms with Gasteiger partial charge in [0.25, 0.3) is 5.69 Å². The van der Waals surface area contributed by atoms with Crippen LogP contribution in [0, 0.1) is 10.1 Å². The number of carbonyl (C=O) groups excluding carboxylic acids is 1. The van der Waals surface area contributed by atoms with Gasteiger partial charge in [0.2, 0.25) is 0 Å². The van der Waals surface area contributed by atoms with Crippen LogP contribution in [0.4, 0.5) is 5.69 Å². The van der Waals surface area contributed by atoms with Crippen molar-refractivity contribution in [1.29, 1.82) is 0 Å². The van der Waals surface area contributed by atoms with E-state index in [1.807, 2.05) is 0 Å². The highest BCUT2D eigenvalue weighted by atomic mass is 16.6. The predicted octanol–water partition coefficient (Wildman–Crippen LogP) is 4.23. The van der Waals surface area contributed by atoms with Gasteiger partial charge in [0.1, 0.15) is 0 Å². The summed E-state index contributed by atoms with van der Waals surface area (Å²) in [5.74, 6) is -0.0193. The zero-order valence-electron chi connectivity index (χ0n) is 15.4. The summed E-state index contributed by atoms with van der Waals surface area (Å²) < 4.78 is 15.7. The molecule has 1 unspecified atom stereocenters. The molecule has 1 aromatic carbocycles. The standard InChI is InChI=1S/C18H27NO6/c1-5-7-8-9-13(12-16(20)25-6-2)17-14(19(21)22)10-11-15(23-3)18(17)24-4/h10-11,13H,5-9,12H2,1-4H3. The molecule has 0 aliphatic carbocycles. The Bertz CT molecular complexity index is 587. The predicted molar refractivity (Wildman–Crippen MR) is 94.3 cm³/mol. The monoisotopic (exact) mass is 353 g/mol. The van der Waals surface area contributed by atoms with Crippen LogP contribution in [0.3, 0.4) is 0 Å². The molecule has 25 heavy (non-hydrogen) atoms. The third kappa shape index (κ3) is 5.62. The van der Waals surface area contributed by atoms with Crippen molar-refractivity contribution < 1.29 is 23.9 Å². The quantitative estimate of drug-likeness (QED) is 0.256. The molecule has 1 aromatic rings. The summed E-state index contributed by atoms with van der Waals surface area (Å²) >= 11 is 0. The van der Waals surface area contributed by atoms with E-state index in [-0.39, 0.29) is 30.6 Å². The number of ether oxygens (including phenoxy) is 3. The summed E-state index contributed by atoms with van der Waals surface area (Å²) in [4.78, 5) is 23.1. The minimum absolute atomic E-state index is 0.0663. The fourth-order valence-electron chi connectivity index (χ4n) is 2.90. The molecule has 7 heteroatoms. The van der Waals surface area contributed by atoms with Crippen LogP contribution in [0.2, 0.25) is 0 Å². The van der Waals surface area contributed by atoms with E-state index in [9.17, 15) is 14.9 Å². The Morgan fingerprint density at radius 2 is 1.92 bits per heavy atom. The molecule has 0 amide bonds. The molecular formula is C18H27NO6. The van der Waals surface area contributed by atoms with E-state index in [0.717, 1.165) is 19.3 Å². The molecule has 0 radical (unpaired) electrons. The first-order valence-electron chi connectivity index (χ1n) is 8.54. The smallest absolute Gasteiger partial charge is 0.306 e. The van der Waals surface area contributed by atoms with E-state index in [1.165, 1.54) is 26.4 Å². The normalized spacial score (nSPS) is 11.7. The highest BCUT2D eigenvalue weighted by Crippen LogP contribution is 2.44. The molecule has 1 atom stereocenters. The van der Waals surface area contributed by atoms with Gasteiger partial charge in [-0.05, 0) is 19.4 Å². The number of esters is 1. The van der Waals surface area contributed by atoms with Gasteiger partial charge in [0.15, 0.2) is 11.5 Å². The van der Waals surface area contributed by atoms with Crippen LogP contribution in [-0.2, 0) is 9.53 Å². The van der Waals surface area contributed by atoms with Crippen LogP contribution in [0.5, 0.6) is 11.5 Å². The van der Waals surface area contributed by atoms with Gasteiger partial charge in [-0.1, -0.05) is 26.2 Å². The number of nitro benzene ring substituents is 1. The molecule has 0 aliphatic rings. The molecule has 0 heterocycles. The van der Waals surface area contributed by atoms with Crippen molar-refractivity contribution in [1.82, 2.24) is 0 Å². The summed E-state index contributed by atoms with van der Waals surface area (Å²) in [6, 6.07) is 2.91. The Labute approximate surface area is 148 Å². The second kappa shape index (κ2) is 10.5. The topological polar surface area (TPSA) is 87.9 Å². The Kier molecular flexibility index (Phi) is 8.74. The lowest BCUT2D eigenvalue weighted by Crippen LogP contribution is -2.13. The Morgan fingerprint density at radius 3 is 2.44 bits per heavy atom. The first-order valence-corrected chi connectivity index (χ1v) is 8.54. The molecule has 0 saturated heterocycles. The van der Waals surface area contributed by atoms with E-state index in [4.69, 9.17) is 14.2 Å². The van der Waals surface area contributed by atoms with Crippen molar-refractivity contribution in [3.8, 4) is 11.5 Å². The van der Waals surface area contributed by atoms with E-state index in [0.29, 0.717) is 23.5 Å². The molecule has 0 spiro atoms. The first-order chi connectivity index (χ1) is 12.0. The molecule has 0 N–H and O–H groups in total. The SMILES string of the molecule is CCCCCC(CC(=O)OCC)c1c([N+](=O)[O-])ccc(OC)c1OC. The zero-order chi connectivity index (χ0) is 18.8. The molecule has 0 bridgehead atoms. The van der Waals surface area contributed by atoms with Crippen molar-refractivity contribution >= 4 is 11.7 Å². The summed E-state index contributed by atoms with van der Waals surface area (Å²) in [6.45, 7) is 4.09. The lowest BCUT2D eigenvalue weighted by molar-refractivity contribution is -0.385. The number of benzene rings is 1. The van der Waals surface area contributed by atoms with E-state index in [2.05, 4.69) is 6.92 Å². The van der Waals surface area contributed by atoms with Gasteiger partial charge >= 0.3 is 5.97 Å². The molecule has 0 aliphatic heterocycles. The Hall–Kier alpha value is -2.31. The van der Waals surface area contributed by atoms with Gasteiger partial charge in [0.05, 0.1) is 37.7 Å². The number of hydrogen-bond acceptors (Lipinski definition) is 6. The van der Waals surface area contributed by atoms with Gasteiger partial charge < -0.3 is 14.2 Å². The van der Waals surface area contributed by atoms with Crippen LogP contribution in [0.15, 0.2) is 12.1 Å². The van der Waals surface area contributed by atoms with Crippen molar-refractivity contribution in [2.45, 2.75) is 51.9 Å². The average molecular weight is 353 g/mol. The first kappa shape index (κ1) is 20.7. The van der Waals surface area contributed by atoms with Crippen molar-refractivity contribution in [3.05, 3.63) is 27.8 Å². The second-order valence-corrected chi connectivity index (χ2v) is 5.69. The second-order valence-electron chi connectivity index (χ2n) is 5.69. The summed E-state index contributed by atoms with van der Waals surface area (Å²) in [7, 11) is 2.92. The highest BCUT2D eigenvalue weighted by molar-refractivity contribution is 5.72. The van der Waals surface area contributed by atoms with Crippen LogP contribution in [-0.4, -0.2) is 31.7 Å². The molecule has 0 aromatic heterocycles. The minimum atomic E-state index is -0.449. The third-order valence-corrected chi connectivity index (χ3v) is 4.04. The van der Waals surface area contributed by atoms with Crippen LogP contribution < -0.4 is 9.47 Å². The summed E-state index contributed by atoms with van der Waals surface area (Å²) in [5, 5.41) is 11.5. The molecule has 140 valence electrons. The Morgan fingerprint density at radius 1 is 1.20 bits per heavy atom. The largest absolute Gasteiger partial charge is 0.493 e. The number of unbranched alkanes of at least 4 members (excludes halogenated alkanes) is 2. The number of rotatable bonds is 11. The molecule has 0 saturated carbocycles. The molecular weight excluding hydrogens is 326 g/mol. The number of carbonyl (C=O) groups is 1. The lowest BCUT2D eigenvalue weighted by atomic mass is 9.88. The number of nitrogens with zero attached hydrogens (tertiary/aromatic N) is 1. The summed E-state index contributed by atoms with van der Waals surface area (Å²) in [5.41, 5.74) is 0.333. The fourth-order valence-corrected chi connectivity index (χ4v) is 2.90. The van der Waals surface area contributed by atoms with Crippen molar-refractivity contribution in [3.63, 3.8) is 0 Å². The van der Waals surface area contributed by atoms with Crippen LogP contribution in [0.1, 0.15) is 57.4 Å². The van der Waals surface area contributed by atoms with Gasteiger partial charge in [-0.2, -0.15) is 0 Å². The van der Waals surface area contributed by atoms with E-state index in [1.54, 1.807) is 6.92 Å². The zero-order valence-corrected chi connectivity index (χ0v) is 15.4. The molecule has 7 nitrogen and oxygen atoms in total. The lowest BCUT2D eigenvalue weighted by Gasteiger charge is -2.20. The van der Waals surface area contributed by atoms with Gasteiger partial charge in [-0.15, -0.1) is 0 Å². The Balaban J connectivity index is 3.36. The maximum Gasteiger partial charge on any atom is 0.306 e. The van der Waals surface area contributed by atoms with Crippen molar-refractivity contribution in [2.24, 2.45) is 0 Å². The number of hydrogen-bond donors (Lipinski definition) is 0. The highest BCUT2D eigenvalue weighted by Gasteiger charge is 2.30. The number of methoxy groups -OCH3 is 2. The van der Waals surface area contributed by atoms with Crippen LogP contribution >= 0.6 is 0 Å². The average Bonchev–Trinajstić information content (AvgIpc) is 2.59. The molecule has 0 fully saturated rings. The minimum Gasteiger partial charge on any atom is -0.493 e. The maximum absolute atomic E-state index is 12.0. The number of nitro groups is 1. The van der Waals surface area contributed by atoms with Crippen LogP contribution in [0.25, 0.3) is 0 Å².